The van der Waals surface area contributed by atoms with E-state index in [-0.39, 0.29) is 12.5 Å². The lowest BCUT2D eigenvalue weighted by molar-refractivity contribution is -0.132. The highest BCUT2D eigenvalue weighted by Gasteiger charge is 2.21. The highest BCUT2D eigenvalue weighted by molar-refractivity contribution is 6.32. The van der Waals surface area contributed by atoms with Crippen molar-refractivity contribution in [2.24, 2.45) is 0 Å². The highest BCUT2D eigenvalue weighted by atomic mass is 35.5. The number of carbonyl (C=O) groups excluding carboxylic acids is 2. The summed E-state index contributed by atoms with van der Waals surface area (Å²) >= 11 is 6.25. The number of hydrogen-bond acceptors (Lipinski definition) is 5. The van der Waals surface area contributed by atoms with E-state index >= 15 is 0 Å². The number of methoxy groups -OCH3 is 2. The van der Waals surface area contributed by atoms with Gasteiger partial charge in [0.05, 0.1) is 30.5 Å². The zero-order valence-corrected chi connectivity index (χ0v) is 19.3. The Morgan fingerprint density at radius 2 is 1.61 bits per heavy atom. The molecular weight excluding hydrogens is 444 g/mol. The fourth-order valence-corrected chi connectivity index (χ4v) is 4.10. The third-order valence-electron chi connectivity index (χ3n) is 5.62. The number of ether oxygens (including phenoxy) is 3. The summed E-state index contributed by atoms with van der Waals surface area (Å²) in [5.41, 5.74) is 0.692. The van der Waals surface area contributed by atoms with Crippen LogP contribution in [0.3, 0.4) is 0 Å². The summed E-state index contributed by atoms with van der Waals surface area (Å²) in [6.07, 6.45) is 2.00. The van der Waals surface area contributed by atoms with E-state index in [1.54, 1.807) is 29.2 Å². The third kappa shape index (κ3) is 4.98. The molecule has 0 atom stereocenters. The molecule has 1 aliphatic heterocycles. The monoisotopic (exact) mass is 468 g/mol. The quantitative estimate of drug-likeness (QED) is 0.540. The molecule has 0 aromatic heterocycles. The van der Waals surface area contributed by atoms with Crippen LogP contribution in [0, 0.1) is 0 Å². The first-order valence-electron chi connectivity index (χ1n) is 10.7. The number of carbonyl (C=O) groups is 2. The van der Waals surface area contributed by atoms with Gasteiger partial charge in [0.15, 0.2) is 6.61 Å². The maximum absolute atomic E-state index is 13.3. The van der Waals surface area contributed by atoms with E-state index in [1.807, 2.05) is 24.3 Å². The lowest BCUT2D eigenvalue weighted by Gasteiger charge is -2.18. The molecule has 1 saturated heterocycles. The van der Waals surface area contributed by atoms with Crippen LogP contribution in [-0.4, -0.2) is 50.6 Å². The summed E-state index contributed by atoms with van der Waals surface area (Å²) in [4.78, 5) is 27.6. The minimum atomic E-state index is -0.413. The number of nitrogens with one attached hydrogen (secondary N) is 1. The van der Waals surface area contributed by atoms with Crippen molar-refractivity contribution in [3.05, 3.63) is 59.1 Å². The Morgan fingerprint density at radius 3 is 2.27 bits per heavy atom. The van der Waals surface area contributed by atoms with Gasteiger partial charge in [-0.15, -0.1) is 0 Å². The molecule has 1 fully saturated rings. The molecule has 3 aromatic rings. The van der Waals surface area contributed by atoms with Crippen molar-refractivity contribution in [1.82, 2.24) is 4.90 Å². The molecule has 1 aliphatic rings. The average molecular weight is 469 g/mol. The second-order valence-corrected chi connectivity index (χ2v) is 8.12. The molecule has 0 radical (unpaired) electrons. The van der Waals surface area contributed by atoms with Gasteiger partial charge < -0.3 is 24.4 Å². The van der Waals surface area contributed by atoms with Crippen LogP contribution in [0.5, 0.6) is 17.2 Å². The zero-order valence-electron chi connectivity index (χ0n) is 18.5. The maximum atomic E-state index is 13.3. The number of benzene rings is 3. The van der Waals surface area contributed by atoms with Gasteiger partial charge in [-0.1, -0.05) is 35.9 Å². The number of anilines is 1. The first kappa shape index (κ1) is 22.7. The van der Waals surface area contributed by atoms with E-state index < -0.39 is 5.91 Å². The number of nitrogens with zero attached hydrogens (tertiary/aromatic N) is 1. The van der Waals surface area contributed by atoms with Gasteiger partial charge in [0, 0.05) is 19.2 Å². The fraction of sp³-hybridized carbons (Fsp3) is 0.280. The minimum absolute atomic E-state index is 0.0874. The Hall–Kier alpha value is -3.45. The SMILES string of the molecule is COc1cc(OC)c(NC(=O)c2cc3ccccc3cc2OCC(=O)N2CCCC2)cc1Cl. The molecule has 33 heavy (non-hydrogen) atoms. The minimum Gasteiger partial charge on any atom is -0.495 e. The van der Waals surface area contributed by atoms with Crippen molar-refractivity contribution in [3.8, 4) is 17.2 Å². The van der Waals surface area contributed by atoms with E-state index in [9.17, 15) is 9.59 Å². The molecule has 0 aliphatic carbocycles. The van der Waals surface area contributed by atoms with Crippen molar-refractivity contribution >= 4 is 39.9 Å². The largest absolute Gasteiger partial charge is 0.495 e. The van der Waals surface area contributed by atoms with Crippen molar-refractivity contribution in [3.63, 3.8) is 0 Å². The van der Waals surface area contributed by atoms with Crippen molar-refractivity contribution < 1.29 is 23.8 Å². The van der Waals surface area contributed by atoms with Gasteiger partial charge in [0.25, 0.3) is 11.8 Å². The van der Waals surface area contributed by atoms with Crippen LogP contribution in [0.1, 0.15) is 23.2 Å². The molecule has 4 rings (SSSR count). The fourth-order valence-electron chi connectivity index (χ4n) is 3.86. The first-order chi connectivity index (χ1) is 16.0. The third-order valence-corrected chi connectivity index (χ3v) is 5.92. The van der Waals surface area contributed by atoms with E-state index in [0.717, 1.165) is 36.7 Å². The number of halogens is 1. The summed E-state index contributed by atoms with van der Waals surface area (Å²) in [5, 5.41) is 4.95. The zero-order chi connectivity index (χ0) is 23.4. The van der Waals surface area contributed by atoms with Gasteiger partial charge in [0.2, 0.25) is 0 Å². The number of rotatable bonds is 7. The summed E-state index contributed by atoms with van der Waals surface area (Å²) in [6.45, 7) is 1.35. The maximum Gasteiger partial charge on any atom is 0.260 e. The van der Waals surface area contributed by atoms with Gasteiger partial charge >= 0.3 is 0 Å². The molecule has 0 spiro atoms. The van der Waals surface area contributed by atoms with E-state index in [2.05, 4.69) is 5.32 Å². The van der Waals surface area contributed by atoms with Gasteiger partial charge in [0.1, 0.15) is 17.2 Å². The van der Waals surface area contributed by atoms with Crippen LogP contribution in [0.25, 0.3) is 10.8 Å². The van der Waals surface area contributed by atoms with Crippen molar-refractivity contribution in [2.75, 3.05) is 39.2 Å². The Bertz CT molecular complexity index is 1190. The smallest absolute Gasteiger partial charge is 0.260 e. The van der Waals surface area contributed by atoms with Gasteiger partial charge in [-0.3, -0.25) is 9.59 Å². The van der Waals surface area contributed by atoms with Gasteiger partial charge in [-0.25, -0.2) is 0 Å². The number of amides is 2. The standard InChI is InChI=1S/C25H25ClN2O5/c1-31-22-14-23(32-2)20(13-19(22)26)27-25(30)18-11-16-7-3-4-8-17(16)12-21(18)33-15-24(29)28-9-5-6-10-28/h3-4,7-8,11-14H,5-6,9-10,15H2,1-2H3,(H,27,30). The van der Waals surface area contributed by atoms with E-state index in [0.29, 0.717) is 33.5 Å². The van der Waals surface area contributed by atoms with E-state index in [4.69, 9.17) is 25.8 Å². The predicted octanol–water partition coefficient (Wildman–Crippen LogP) is 4.76. The summed E-state index contributed by atoms with van der Waals surface area (Å²) in [5.74, 6) is 0.663. The Kier molecular flexibility index (Phi) is 6.89. The predicted molar refractivity (Wildman–Crippen MR) is 128 cm³/mol. The molecule has 0 bridgehead atoms. The van der Waals surface area contributed by atoms with Crippen molar-refractivity contribution in [1.29, 1.82) is 0 Å². The molecule has 172 valence electrons. The number of fused-ring (bicyclic) bond motifs is 1. The Labute approximate surface area is 197 Å². The molecule has 1 heterocycles. The summed E-state index contributed by atoms with van der Waals surface area (Å²) in [6, 6.07) is 14.3. The first-order valence-corrected chi connectivity index (χ1v) is 11.0. The van der Waals surface area contributed by atoms with Crippen LogP contribution in [0.2, 0.25) is 5.02 Å². The second kappa shape index (κ2) is 10.0. The topological polar surface area (TPSA) is 77.1 Å². The van der Waals surface area contributed by atoms with Crippen LogP contribution in [-0.2, 0) is 4.79 Å². The van der Waals surface area contributed by atoms with Crippen LogP contribution < -0.4 is 19.5 Å². The number of likely N-dealkylation sites (tertiary alicyclic amines) is 1. The second-order valence-electron chi connectivity index (χ2n) is 7.71. The summed E-state index contributed by atoms with van der Waals surface area (Å²) < 4.78 is 16.5. The molecule has 0 unspecified atom stereocenters. The number of hydrogen-bond donors (Lipinski definition) is 1. The molecule has 7 nitrogen and oxygen atoms in total. The summed E-state index contributed by atoms with van der Waals surface area (Å²) in [7, 11) is 2.99. The highest BCUT2D eigenvalue weighted by Crippen LogP contribution is 2.36. The molecule has 0 saturated carbocycles. The normalized spacial score (nSPS) is 13.1. The molecule has 2 amide bonds. The molecule has 3 aromatic carbocycles. The van der Waals surface area contributed by atoms with Crippen molar-refractivity contribution in [2.45, 2.75) is 12.8 Å². The molecule has 1 N–H and O–H groups in total. The van der Waals surface area contributed by atoms with E-state index in [1.165, 1.54) is 14.2 Å². The van der Waals surface area contributed by atoms with Gasteiger partial charge in [-0.2, -0.15) is 0 Å². The van der Waals surface area contributed by atoms with Crippen LogP contribution >= 0.6 is 11.6 Å². The molecular formula is C25H25ClN2O5. The lowest BCUT2D eigenvalue weighted by atomic mass is 10.0. The average Bonchev–Trinajstić information content (AvgIpc) is 3.37. The van der Waals surface area contributed by atoms with Crippen LogP contribution in [0.4, 0.5) is 5.69 Å². The van der Waals surface area contributed by atoms with Crippen LogP contribution in [0.15, 0.2) is 48.5 Å². The molecule has 8 heteroatoms. The lowest BCUT2D eigenvalue weighted by Crippen LogP contribution is -2.32. The Morgan fingerprint density at radius 1 is 0.939 bits per heavy atom. The van der Waals surface area contributed by atoms with Gasteiger partial charge in [-0.05, 0) is 41.8 Å². The Balaban J connectivity index is 1.64.